The van der Waals surface area contributed by atoms with Gasteiger partial charge in [0.05, 0.1) is 10.5 Å². The number of rotatable bonds is 5. The summed E-state index contributed by atoms with van der Waals surface area (Å²) in [7, 11) is -3.31. The van der Waals surface area contributed by atoms with Crippen LogP contribution in [0.4, 0.5) is 4.39 Å². The van der Waals surface area contributed by atoms with Crippen LogP contribution in [0, 0.1) is 5.82 Å². The summed E-state index contributed by atoms with van der Waals surface area (Å²) in [5, 5.41) is 0. The highest BCUT2D eigenvalue weighted by atomic mass is 32.2. The third-order valence-electron chi connectivity index (χ3n) is 4.54. The molecule has 0 unspecified atom stereocenters. The monoisotopic (exact) mass is 407 g/mol. The fourth-order valence-corrected chi connectivity index (χ4v) is 3.72. The van der Waals surface area contributed by atoms with Crippen molar-refractivity contribution in [3.63, 3.8) is 0 Å². The maximum atomic E-state index is 14.5. The molecule has 0 saturated carbocycles. The number of sulfone groups is 1. The number of benzene rings is 3. The highest BCUT2D eigenvalue weighted by Crippen LogP contribution is 2.35. The van der Waals surface area contributed by atoms with Crippen molar-refractivity contribution in [2.45, 2.75) is 11.3 Å². The first kappa shape index (κ1) is 19.1. The molecule has 4 aromatic rings. The van der Waals surface area contributed by atoms with Crippen LogP contribution in [0.15, 0.2) is 88.2 Å². The van der Waals surface area contributed by atoms with E-state index in [1.54, 1.807) is 30.3 Å². The van der Waals surface area contributed by atoms with Gasteiger partial charge >= 0.3 is 0 Å². The molecule has 0 aliphatic carbocycles. The van der Waals surface area contributed by atoms with E-state index in [2.05, 4.69) is 4.98 Å². The van der Waals surface area contributed by atoms with E-state index in [0.29, 0.717) is 34.9 Å². The summed E-state index contributed by atoms with van der Waals surface area (Å²) in [6, 6.07) is 22.4. The molecule has 0 aliphatic heterocycles. The van der Waals surface area contributed by atoms with E-state index in [-0.39, 0.29) is 4.90 Å². The van der Waals surface area contributed by atoms with Gasteiger partial charge in [0.25, 0.3) is 0 Å². The highest BCUT2D eigenvalue weighted by Gasteiger charge is 2.20. The standard InChI is InChI=1S/C23H18FNO3S/c1-29(26,27)18-13-11-17(12-14-18)22-23(19-9-5-6-10-20(19)24)28-21(25-22)15-16-7-3-2-4-8-16/h2-14H,15H2,1H3. The lowest BCUT2D eigenvalue weighted by atomic mass is 10.1. The van der Waals surface area contributed by atoms with Gasteiger partial charge in [-0.1, -0.05) is 54.6 Å². The summed E-state index contributed by atoms with van der Waals surface area (Å²) in [5.41, 5.74) is 2.45. The van der Waals surface area contributed by atoms with E-state index >= 15 is 0 Å². The van der Waals surface area contributed by atoms with Crippen molar-refractivity contribution < 1.29 is 17.2 Å². The second-order valence-electron chi connectivity index (χ2n) is 6.72. The predicted molar refractivity (Wildman–Crippen MR) is 110 cm³/mol. The second-order valence-corrected chi connectivity index (χ2v) is 8.74. The topological polar surface area (TPSA) is 60.2 Å². The van der Waals surface area contributed by atoms with Gasteiger partial charge in [-0.15, -0.1) is 0 Å². The van der Waals surface area contributed by atoms with Gasteiger partial charge in [0.1, 0.15) is 11.5 Å². The van der Waals surface area contributed by atoms with Crippen molar-refractivity contribution in [3.8, 4) is 22.6 Å². The number of halogens is 1. The molecule has 0 N–H and O–H groups in total. The van der Waals surface area contributed by atoms with Gasteiger partial charge in [-0.25, -0.2) is 17.8 Å². The Morgan fingerprint density at radius 3 is 2.21 bits per heavy atom. The van der Waals surface area contributed by atoms with Crippen molar-refractivity contribution in [2.24, 2.45) is 0 Å². The zero-order valence-corrected chi connectivity index (χ0v) is 16.5. The van der Waals surface area contributed by atoms with Gasteiger partial charge in [0.2, 0.25) is 0 Å². The minimum absolute atomic E-state index is 0.210. The molecule has 4 nitrogen and oxygen atoms in total. The lowest BCUT2D eigenvalue weighted by molar-refractivity contribution is 0.514. The lowest BCUT2D eigenvalue weighted by Crippen LogP contribution is -1.96. The molecule has 146 valence electrons. The molecule has 0 saturated heterocycles. The van der Waals surface area contributed by atoms with Crippen LogP contribution in [0.2, 0.25) is 0 Å². The lowest BCUT2D eigenvalue weighted by Gasteiger charge is -2.04. The molecule has 6 heteroatoms. The van der Waals surface area contributed by atoms with Crippen molar-refractivity contribution in [2.75, 3.05) is 6.26 Å². The molecule has 1 aromatic heterocycles. The van der Waals surface area contributed by atoms with E-state index in [1.165, 1.54) is 18.2 Å². The average molecular weight is 407 g/mol. The van der Waals surface area contributed by atoms with Crippen LogP contribution in [0.1, 0.15) is 11.5 Å². The smallest absolute Gasteiger partial charge is 0.199 e. The number of aromatic nitrogens is 1. The normalized spacial score (nSPS) is 11.5. The van der Waals surface area contributed by atoms with Crippen molar-refractivity contribution in [3.05, 3.63) is 96.1 Å². The third kappa shape index (κ3) is 4.12. The van der Waals surface area contributed by atoms with Gasteiger partial charge in [-0.2, -0.15) is 0 Å². The van der Waals surface area contributed by atoms with E-state index in [9.17, 15) is 12.8 Å². The van der Waals surface area contributed by atoms with Gasteiger partial charge in [0.15, 0.2) is 21.5 Å². The number of hydrogen-bond acceptors (Lipinski definition) is 4. The summed E-state index contributed by atoms with van der Waals surface area (Å²) in [4.78, 5) is 4.81. The first-order valence-electron chi connectivity index (χ1n) is 9.01. The molecular formula is C23H18FNO3S. The van der Waals surface area contributed by atoms with Gasteiger partial charge in [-0.3, -0.25) is 0 Å². The zero-order chi connectivity index (χ0) is 20.4. The quantitative estimate of drug-likeness (QED) is 0.459. The zero-order valence-electron chi connectivity index (χ0n) is 15.7. The Kier molecular flexibility index (Phi) is 5.03. The molecule has 0 aliphatic rings. The molecule has 0 radical (unpaired) electrons. The molecule has 3 aromatic carbocycles. The summed E-state index contributed by atoms with van der Waals surface area (Å²) < 4.78 is 43.9. The third-order valence-corrected chi connectivity index (χ3v) is 5.67. The SMILES string of the molecule is CS(=O)(=O)c1ccc(-c2nc(Cc3ccccc3)oc2-c2ccccc2F)cc1. The van der Waals surface area contributed by atoms with Gasteiger partial charge in [0, 0.05) is 18.2 Å². The Hall–Kier alpha value is -3.25. The van der Waals surface area contributed by atoms with Crippen molar-refractivity contribution in [1.29, 1.82) is 0 Å². The second kappa shape index (κ2) is 7.64. The number of hydrogen-bond donors (Lipinski definition) is 0. The maximum absolute atomic E-state index is 14.5. The fourth-order valence-electron chi connectivity index (χ4n) is 3.09. The molecule has 0 fully saturated rings. The maximum Gasteiger partial charge on any atom is 0.199 e. The Morgan fingerprint density at radius 1 is 0.897 bits per heavy atom. The molecular weight excluding hydrogens is 389 g/mol. The summed E-state index contributed by atoms with van der Waals surface area (Å²) in [6.07, 6.45) is 1.62. The Bertz CT molecular complexity index is 1250. The van der Waals surface area contributed by atoms with Crippen LogP contribution < -0.4 is 0 Å². The van der Waals surface area contributed by atoms with E-state index in [1.807, 2.05) is 30.3 Å². The first-order valence-corrected chi connectivity index (χ1v) is 10.9. The predicted octanol–water partition coefficient (Wildman–Crippen LogP) is 5.14. The van der Waals surface area contributed by atoms with Gasteiger partial charge in [-0.05, 0) is 29.8 Å². The molecule has 1 heterocycles. The Morgan fingerprint density at radius 2 is 1.55 bits per heavy atom. The highest BCUT2D eigenvalue weighted by molar-refractivity contribution is 7.90. The van der Waals surface area contributed by atoms with Crippen LogP contribution in [0.3, 0.4) is 0 Å². The van der Waals surface area contributed by atoms with Crippen molar-refractivity contribution >= 4 is 9.84 Å². The summed E-state index contributed by atoms with van der Waals surface area (Å²) in [6.45, 7) is 0. The Balaban J connectivity index is 1.82. The van der Waals surface area contributed by atoms with Crippen LogP contribution in [0.5, 0.6) is 0 Å². The van der Waals surface area contributed by atoms with Crippen molar-refractivity contribution in [1.82, 2.24) is 4.98 Å². The summed E-state index contributed by atoms with van der Waals surface area (Å²) >= 11 is 0. The number of nitrogens with zero attached hydrogens (tertiary/aromatic N) is 1. The molecule has 0 bridgehead atoms. The van der Waals surface area contributed by atoms with E-state index < -0.39 is 15.7 Å². The largest absolute Gasteiger partial charge is 0.440 e. The van der Waals surface area contributed by atoms with Gasteiger partial charge < -0.3 is 4.42 Å². The number of oxazole rings is 1. The van der Waals surface area contributed by atoms with Crippen LogP contribution in [0.25, 0.3) is 22.6 Å². The van der Waals surface area contributed by atoms with E-state index in [0.717, 1.165) is 11.8 Å². The fraction of sp³-hybridized carbons (Fsp3) is 0.0870. The minimum Gasteiger partial charge on any atom is -0.440 e. The minimum atomic E-state index is -3.31. The van der Waals surface area contributed by atoms with Crippen LogP contribution >= 0.6 is 0 Å². The molecule has 4 rings (SSSR count). The average Bonchev–Trinajstić information content (AvgIpc) is 3.12. The summed E-state index contributed by atoms with van der Waals surface area (Å²) in [5.74, 6) is 0.363. The Labute approximate surface area is 168 Å². The molecule has 0 spiro atoms. The molecule has 0 atom stereocenters. The van der Waals surface area contributed by atoms with E-state index in [4.69, 9.17) is 4.42 Å². The molecule has 0 amide bonds. The molecule has 29 heavy (non-hydrogen) atoms. The first-order chi connectivity index (χ1) is 13.9. The van der Waals surface area contributed by atoms with Crippen LogP contribution in [-0.2, 0) is 16.3 Å². The van der Waals surface area contributed by atoms with Crippen LogP contribution in [-0.4, -0.2) is 19.7 Å².